The minimum absolute atomic E-state index is 0.259. The molecule has 0 bridgehead atoms. The quantitative estimate of drug-likeness (QED) is 0.902. The lowest BCUT2D eigenvalue weighted by Crippen LogP contribution is -2.32. The van der Waals surface area contributed by atoms with Crippen LogP contribution in [0.4, 0.5) is 0 Å². The second-order valence-electron chi connectivity index (χ2n) is 6.20. The van der Waals surface area contributed by atoms with Crippen LogP contribution in [0, 0.1) is 0 Å². The molecule has 21 heavy (non-hydrogen) atoms. The molecule has 1 aromatic rings. The average molecular weight is 290 g/mol. The van der Waals surface area contributed by atoms with Crippen molar-refractivity contribution in [3.05, 3.63) is 29.1 Å². The Balaban J connectivity index is 1.83. The lowest BCUT2D eigenvalue weighted by molar-refractivity contribution is 0.151. The summed E-state index contributed by atoms with van der Waals surface area (Å²) < 4.78 is 5.55. The Morgan fingerprint density at radius 1 is 1.38 bits per heavy atom. The predicted octanol–water partition coefficient (Wildman–Crippen LogP) is 2.10. The van der Waals surface area contributed by atoms with Crippen LogP contribution in [0.5, 0.6) is 0 Å². The van der Waals surface area contributed by atoms with Gasteiger partial charge in [0.1, 0.15) is 0 Å². The van der Waals surface area contributed by atoms with E-state index in [2.05, 4.69) is 24.0 Å². The Morgan fingerprint density at radius 2 is 2.29 bits per heavy atom. The molecule has 0 radical (unpaired) electrons. The Hall–Kier alpha value is -0.970. The van der Waals surface area contributed by atoms with Crippen molar-refractivity contribution in [2.24, 2.45) is 0 Å². The first-order chi connectivity index (χ1) is 10.3. The molecule has 1 N–H and O–H groups in total. The summed E-state index contributed by atoms with van der Waals surface area (Å²) in [4.78, 5) is 7.28. The summed E-state index contributed by atoms with van der Waals surface area (Å²) in [5.74, 6) is 0.494. The lowest BCUT2D eigenvalue weighted by atomic mass is 9.96. The Kier molecular flexibility index (Phi) is 4.88. The minimum Gasteiger partial charge on any atom is -0.395 e. The predicted molar refractivity (Wildman–Crippen MR) is 82.3 cm³/mol. The van der Waals surface area contributed by atoms with Gasteiger partial charge in [-0.05, 0) is 43.9 Å². The number of ether oxygens (including phenoxy) is 1. The molecule has 0 aromatic carbocycles. The summed E-state index contributed by atoms with van der Waals surface area (Å²) in [6, 6.07) is 4.72. The Labute approximate surface area is 127 Å². The third-order valence-electron chi connectivity index (χ3n) is 4.86. The average Bonchev–Trinajstić information content (AvgIpc) is 3.18. The highest BCUT2D eigenvalue weighted by molar-refractivity contribution is 5.28. The third-order valence-corrected chi connectivity index (χ3v) is 4.86. The molecule has 2 fully saturated rings. The molecular weight excluding hydrogens is 264 g/mol. The number of likely N-dealkylation sites (tertiary alicyclic amines) is 1. The van der Waals surface area contributed by atoms with Gasteiger partial charge in [-0.3, -0.25) is 9.88 Å². The zero-order valence-electron chi connectivity index (χ0n) is 12.9. The largest absolute Gasteiger partial charge is 0.395 e. The molecule has 3 heterocycles. The molecule has 4 nitrogen and oxygen atoms in total. The number of hydrogen-bond donors (Lipinski definition) is 1. The number of aromatic nitrogens is 1. The van der Waals surface area contributed by atoms with E-state index in [-0.39, 0.29) is 6.61 Å². The summed E-state index contributed by atoms with van der Waals surface area (Å²) in [5, 5.41) is 9.51. The highest BCUT2D eigenvalue weighted by Crippen LogP contribution is 2.29. The normalized spacial score (nSPS) is 26.6. The van der Waals surface area contributed by atoms with Crippen molar-refractivity contribution in [3.8, 4) is 0 Å². The van der Waals surface area contributed by atoms with Crippen LogP contribution in [-0.2, 0) is 17.7 Å². The van der Waals surface area contributed by atoms with Gasteiger partial charge in [-0.2, -0.15) is 0 Å². The molecule has 116 valence electrons. The van der Waals surface area contributed by atoms with E-state index in [9.17, 15) is 5.11 Å². The molecule has 2 aliphatic rings. The fourth-order valence-corrected chi connectivity index (χ4v) is 3.53. The van der Waals surface area contributed by atoms with Gasteiger partial charge in [-0.1, -0.05) is 13.0 Å². The van der Waals surface area contributed by atoms with Gasteiger partial charge in [0.25, 0.3) is 0 Å². The van der Waals surface area contributed by atoms with Crippen molar-refractivity contribution in [1.29, 1.82) is 0 Å². The van der Waals surface area contributed by atoms with Crippen molar-refractivity contribution in [2.45, 2.75) is 51.1 Å². The van der Waals surface area contributed by atoms with E-state index >= 15 is 0 Å². The fraction of sp³-hybridized carbons (Fsp3) is 0.706. The first kappa shape index (κ1) is 14.9. The summed E-state index contributed by atoms with van der Waals surface area (Å²) in [6.45, 7) is 6.03. The molecule has 0 spiro atoms. The third kappa shape index (κ3) is 3.28. The van der Waals surface area contributed by atoms with E-state index in [0.717, 1.165) is 51.3 Å². The van der Waals surface area contributed by atoms with Crippen LogP contribution in [0.2, 0.25) is 0 Å². The summed E-state index contributed by atoms with van der Waals surface area (Å²) >= 11 is 0. The zero-order chi connectivity index (χ0) is 14.7. The van der Waals surface area contributed by atoms with Gasteiger partial charge in [-0.25, -0.2) is 0 Å². The molecule has 0 amide bonds. The van der Waals surface area contributed by atoms with Gasteiger partial charge in [-0.15, -0.1) is 0 Å². The number of pyridine rings is 1. The second-order valence-corrected chi connectivity index (χ2v) is 6.20. The SMILES string of the molecule is CCc1ccc([C@H]2CCOC2)c(CN2CCC[C@@H]2CO)n1. The van der Waals surface area contributed by atoms with Crippen LogP contribution in [-0.4, -0.2) is 47.4 Å². The van der Waals surface area contributed by atoms with Gasteiger partial charge in [0, 0.05) is 30.8 Å². The fourth-order valence-electron chi connectivity index (χ4n) is 3.53. The van der Waals surface area contributed by atoms with Crippen molar-refractivity contribution in [2.75, 3.05) is 26.4 Å². The van der Waals surface area contributed by atoms with Gasteiger partial charge in [0.2, 0.25) is 0 Å². The molecule has 0 aliphatic carbocycles. The summed E-state index contributed by atoms with van der Waals surface area (Å²) in [5.41, 5.74) is 3.71. The van der Waals surface area contributed by atoms with Crippen molar-refractivity contribution >= 4 is 0 Å². The number of hydrogen-bond acceptors (Lipinski definition) is 4. The topological polar surface area (TPSA) is 45.6 Å². The van der Waals surface area contributed by atoms with E-state index in [1.54, 1.807) is 0 Å². The van der Waals surface area contributed by atoms with Crippen LogP contribution >= 0.6 is 0 Å². The summed E-state index contributed by atoms with van der Waals surface area (Å²) in [7, 11) is 0. The second kappa shape index (κ2) is 6.86. The molecular formula is C17H26N2O2. The molecule has 0 unspecified atom stereocenters. The van der Waals surface area contributed by atoms with Crippen LogP contribution < -0.4 is 0 Å². The van der Waals surface area contributed by atoms with Crippen LogP contribution in [0.1, 0.15) is 49.1 Å². The number of aliphatic hydroxyl groups is 1. The Morgan fingerprint density at radius 3 is 3.00 bits per heavy atom. The number of nitrogens with zero attached hydrogens (tertiary/aromatic N) is 2. The van der Waals surface area contributed by atoms with E-state index in [0.29, 0.717) is 12.0 Å². The maximum Gasteiger partial charge on any atom is 0.0587 e. The molecule has 2 atom stereocenters. The number of aryl methyl sites for hydroxylation is 1. The maximum atomic E-state index is 9.51. The Bertz CT molecular complexity index is 472. The smallest absolute Gasteiger partial charge is 0.0587 e. The molecule has 2 aliphatic heterocycles. The van der Waals surface area contributed by atoms with E-state index in [1.807, 2.05) is 0 Å². The molecule has 0 saturated carbocycles. The number of aliphatic hydroxyl groups excluding tert-OH is 1. The van der Waals surface area contributed by atoms with Crippen LogP contribution in [0.3, 0.4) is 0 Å². The van der Waals surface area contributed by atoms with Crippen molar-refractivity contribution in [3.63, 3.8) is 0 Å². The monoisotopic (exact) mass is 290 g/mol. The minimum atomic E-state index is 0.259. The highest BCUT2D eigenvalue weighted by Gasteiger charge is 2.27. The van der Waals surface area contributed by atoms with E-state index in [4.69, 9.17) is 9.72 Å². The standard InChI is InChI=1S/C17H26N2O2/c1-2-14-5-6-16(13-7-9-21-12-13)17(18-14)10-19-8-3-4-15(19)11-20/h5-6,13,15,20H,2-4,7-12H2,1H3/t13-,15+/m0/s1. The van der Waals surface area contributed by atoms with Gasteiger partial charge < -0.3 is 9.84 Å². The van der Waals surface area contributed by atoms with Crippen LogP contribution in [0.25, 0.3) is 0 Å². The van der Waals surface area contributed by atoms with Gasteiger partial charge >= 0.3 is 0 Å². The summed E-state index contributed by atoms with van der Waals surface area (Å²) in [6.07, 6.45) is 4.36. The first-order valence-electron chi connectivity index (χ1n) is 8.23. The zero-order valence-corrected chi connectivity index (χ0v) is 12.9. The molecule has 2 saturated heterocycles. The van der Waals surface area contributed by atoms with Crippen LogP contribution in [0.15, 0.2) is 12.1 Å². The number of rotatable bonds is 5. The molecule has 3 rings (SSSR count). The molecule has 1 aromatic heterocycles. The first-order valence-corrected chi connectivity index (χ1v) is 8.23. The van der Waals surface area contributed by atoms with E-state index < -0.39 is 0 Å². The van der Waals surface area contributed by atoms with Crippen molar-refractivity contribution < 1.29 is 9.84 Å². The van der Waals surface area contributed by atoms with Gasteiger partial charge in [0.05, 0.1) is 18.9 Å². The highest BCUT2D eigenvalue weighted by atomic mass is 16.5. The van der Waals surface area contributed by atoms with E-state index in [1.165, 1.54) is 17.7 Å². The van der Waals surface area contributed by atoms with Gasteiger partial charge in [0.15, 0.2) is 0 Å². The molecule has 4 heteroatoms. The maximum absolute atomic E-state index is 9.51. The van der Waals surface area contributed by atoms with Crippen molar-refractivity contribution in [1.82, 2.24) is 9.88 Å². The lowest BCUT2D eigenvalue weighted by Gasteiger charge is -2.24.